The average Bonchev–Trinajstić information content (AvgIpc) is 3.22. The van der Waals surface area contributed by atoms with Gasteiger partial charge in [0.15, 0.2) is 17.3 Å². The summed E-state index contributed by atoms with van der Waals surface area (Å²) in [7, 11) is 0. The van der Waals surface area contributed by atoms with E-state index in [0.717, 1.165) is 22.9 Å². The van der Waals surface area contributed by atoms with Gasteiger partial charge in [-0.05, 0) is 44.2 Å². The minimum atomic E-state index is -0.709. The van der Waals surface area contributed by atoms with E-state index in [4.69, 9.17) is 15.0 Å². The van der Waals surface area contributed by atoms with E-state index in [1.807, 2.05) is 20.0 Å². The summed E-state index contributed by atoms with van der Waals surface area (Å²) in [6.07, 6.45) is 3.44. The summed E-state index contributed by atoms with van der Waals surface area (Å²) < 4.78 is 27.0. The largest absolute Gasteiger partial charge is 0.452 e. The predicted molar refractivity (Wildman–Crippen MR) is 95.2 cm³/mol. The monoisotopic (exact) mass is 366 g/mol. The molecular formula is C19H15FN4O3. The Morgan fingerprint density at radius 2 is 2.04 bits per heavy atom. The van der Waals surface area contributed by atoms with Crippen molar-refractivity contribution in [1.29, 1.82) is 0 Å². The maximum Gasteiger partial charge on any atom is 0.248 e. The average molecular weight is 366 g/mol. The first-order chi connectivity index (χ1) is 12.9. The molecule has 1 amide bonds. The summed E-state index contributed by atoms with van der Waals surface area (Å²) in [6, 6.07) is 7.34. The van der Waals surface area contributed by atoms with Crippen molar-refractivity contribution >= 4 is 11.4 Å². The number of amides is 1. The minimum Gasteiger partial charge on any atom is -0.452 e. The quantitative estimate of drug-likeness (QED) is 0.595. The third-order valence-electron chi connectivity index (χ3n) is 4.23. The summed E-state index contributed by atoms with van der Waals surface area (Å²) >= 11 is 0. The van der Waals surface area contributed by atoms with Gasteiger partial charge in [0.1, 0.15) is 11.3 Å². The number of carbonyl (C=O) groups excluding carboxylic acids is 1. The fraction of sp³-hybridized carbons (Fsp3) is 0.105. The Kier molecular flexibility index (Phi) is 3.88. The van der Waals surface area contributed by atoms with Crippen LogP contribution < -0.4 is 10.5 Å². The Morgan fingerprint density at radius 3 is 2.70 bits per heavy atom. The number of fused-ring (bicyclic) bond motifs is 1. The molecule has 1 aromatic carbocycles. The number of pyridine rings is 1. The number of hydrogen-bond acceptors (Lipinski definition) is 5. The molecule has 0 spiro atoms. The lowest BCUT2D eigenvalue weighted by atomic mass is 10.1. The number of nitrogens with two attached hydrogens (primary N) is 1. The highest BCUT2D eigenvalue weighted by Gasteiger charge is 2.17. The molecule has 0 atom stereocenters. The number of ether oxygens (including phenoxy) is 1. The van der Waals surface area contributed by atoms with Crippen molar-refractivity contribution in [2.24, 2.45) is 5.73 Å². The van der Waals surface area contributed by atoms with Crippen LogP contribution in [0.4, 0.5) is 4.39 Å². The van der Waals surface area contributed by atoms with Gasteiger partial charge in [0, 0.05) is 22.9 Å². The van der Waals surface area contributed by atoms with Gasteiger partial charge in [0.2, 0.25) is 5.91 Å². The highest BCUT2D eigenvalue weighted by molar-refractivity contribution is 5.92. The van der Waals surface area contributed by atoms with Crippen LogP contribution in [0.25, 0.3) is 16.6 Å². The second-order valence-electron chi connectivity index (χ2n) is 6.06. The normalized spacial score (nSPS) is 11.1. The molecule has 0 unspecified atom stereocenters. The molecule has 0 radical (unpaired) electrons. The lowest BCUT2D eigenvalue weighted by Crippen LogP contribution is -2.11. The van der Waals surface area contributed by atoms with E-state index in [9.17, 15) is 9.18 Å². The molecule has 27 heavy (non-hydrogen) atoms. The lowest BCUT2D eigenvalue weighted by Gasteiger charge is -2.11. The van der Waals surface area contributed by atoms with Gasteiger partial charge in [-0.15, -0.1) is 0 Å². The van der Waals surface area contributed by atoms with Crippen molar-refractivity contribution in [1.82, 2.24) is 14.8 Å². The number of hydrogen-bond donors (Lipinski definition) is 1. The van der Waals surface area contributed by atoms with Gasteiger partial charge in [-0.2, -0.15) is 5.10 Å². The molecule has 0 saturated heterocycles. The number of rotatable bonds is 4. The van der Waals surface area contributed by atoms with Crippen LogP contribution in [0.2, 0.25) is 0 Å². The molecule has 3 heterocycles. The van der Waals surface area contributed by atoms with Crippen LogP contribution in [0.15, 0.2) is 47.2 Å². The summed E-state index contributed by atoms with van der Waals surface area (Å²) in [6.45, 7) is 3.65. The molecule has 2 N–H and O–H groups in total. The number of benzene rings is 1. The zero-order chi connectivity index (χ0) is 19.1. The maximum atomic E-state index is 14.3. The first-order valence-electron chi connectivity index (χ1n) is 8.12. The van der Waals surface area contributed by atoms with Crippen molar-refractivity contribution in [2.45, 2.75) is 13.8 Å². The van der Waals surface area contributed by atoms with E-state index in [1.165, 1.54) is 12.1 Å². The Morgan fingerprint density at radius 1 is 1.22 bits per heavy atom. The molecule has 4 aromatic rings. The highest BCUT2D eigenvalue weighted by Crippen LogP contribution is 2.34. The molecule has 0 fully saturated rings. The summed E-state index contributed by atoms with van der Waals surface area (Å²) in [4.78, 5) is 11.2. The van der Waals surface area contributed by atoms with E-state index in [1.54, 1.807) is 22.8 Å². The summed E-state index contributed by atoms with van der Waals surface area (Å²) in [5, 5.41) is 8.21. The van der Waals surface area contributed by atoms with E-state index in [2.05, 4.69) is 10.3 Å². The van der Waals surface area contributed by atoms with Crippen molar-refractivity contribution in [3.8, 4) is 22.6 Å². The zero-order valence-corrected chi connectivity index (χ0v) is 14.6. The third kappa shape index (κ3) is 2.91. The first-order valence-corrected chi connectivity index (χ1v) is 8.12. The molecule has 0 aliphatic rings. The predicted octanol–water partition coefficient (Wildman–Crippen LogP) is 3.64. The van der Waals surface area contributed by atoms with Gasteiger partial charge in [-0.1, -0.05) is 5.16 Å². The van der Waals surface area contributed by atoms with Crippen LogP contribution in [0, 0.1) is 19.7 Å². The zero-order valence-electron chi connectivity index (χ0n) is 14.6. The molecule has 0 bridgehead atoms. The molecule has 0 aliphatic heterocycles. The van der Waals surface area contributed by atoms with Crippen molar-refractivity contribution in [2.75, 3.05) is 0 Å². The molecule has 0 aliphatic carbocycles. The van der Waals surface area contributed by atoms with Crippen LogP contribution in [-0.2, 0) is 0 Å². The summed E-state index contributed by atoms with van der Waals surface area (Å²) in [5.41, 5.74) is 8.22. The lowest BCUT2D eigenvalue weighted by molar-refractivity contribution is 0.1000. The van der Waals surface area contributed by atoms with Gasteiger partial charge in [-0.3, -0.25) is 4.79 Å². The van der Waals surface area contributed by atoms with Gasteiger partial charge in [-0.25, -0.2) is 8.91 Å². The Balaban J connectivity index is 1.82. The molecule has 3 aromatic heterocycles. The Labute approximate surface area is 153 Å². The topological polar surface area (TPSA) is 95.6 Å². The Hall–Kier alpha value is -3.68. The van der Waals surface area contributed by atoms with Crippen molar-refractivity contribution < 1.29 is 18.4 Å². The summed E-state index contributed by atoms with van der Waals surface area (Å²) in [5.74, 6) is -0.373. The van der Waals surface area contributed by atoms with Gasteiger partial charge >= 0.3 is 0 Å². The van der Waals surface area contributed by atoms with E-state index >= 15 is 0 Å². The van der Waals surface area contributed by atoms with Gasteiger partial charge in [0.25, 0.3) is 0 Å². The maximum absolute atomic E-state index is 14.3. The number of nitrogens with zero attached hydrogens (tertiary/aromatic N) is 3. The van der Waals surface area contributed by atoms with Crippen LogP contribution in [0.5, 0.6) is 11.5 Å². The van der Waals surface area contributed by atoms with Crippen molar-refractivity contribution in [3.05, 3.63) is 65.6 Å². The molecule has 4 rings (SSSR count). The van der Waals surface area contributed by atoms with Crippen LogP contribution in [0.3, 0.4) is 0 Å². The number of carbonyl (C=O) groups is 1. The standard InChI is InChI=1S/C19H15FN4O3/c1-10-18(11(2)27-23-10)13-8-17(15-5-6-22-24(15)9-13)26-16-4-3-12(19(21)25)7-14(16)20/h3-9H,1-2H3,(H2,21,25). The molecule has 8 heteroatoms. The van der Waals surface area contributed by atoms with Crippen LogP contribution >= 0.6 is 0 Å². The molecule has 0 saturated carbocycles. The van der Waals surface area contributed by atoms with E-state index in [-0.39, 0.29) is 11.3 Å². The highest BCUT2D eigenvalue weighted by atomic mass is 19.1. The SMILES string of the molecule is Cc1noc(C)c1-c1cc(Oc2ccc(C(N)=O)cc2F)c2ccnn2c1. The molecular weight excluding hydrogens is 351 g/mol. The third-order valence-corrected chi connectivity index (χ3v) is 4.23. The van der Waals surface area contributed by atoms with Gasteiger partial charge in [0.05, 0.1) is 11.9 Å². The van der Waals surface area contributed by atoms with Crippen LogP contribution in [-0.4, -0.2) is 20.7 Å². The second kappa shape index (κ2) is 6.24. The molecule has 7 nitrogen and oxygen atoms in total. The number of aryl methyl sites for hydroxylation is 2. The fourth-order valence-corrected chi connectivity index (χ4v) is 2.97. The molecule has 136 valence electrons. The number of primary amides is 1. The van der Waals surface area contributed by atoms with E-state index < -0.39 is 11.7 Å². The fourth-order valence-electron chi connectivity index (χ4n) is 2.97. The van der Waals surface area contributed by atoms with E-state index in [0.29, 0.717) is 17.0 Å². The minimum absolute atomic E-state index is 0.0287. The number of aromatic nitrogens is 3. The van der Waals surface area contributed by atoms with Crippen LogP contribution in [0.1, 0.15) is 21.8 Å². The number of halogens is 1. The van der Waals surface area contributed by atoms with Crippen molar-refractivity contribution in [3.63, 3.8) is 0 Å². The smallest absolute Gasteiger partial charge is 0.248 e. The first kappa shape index (κ1) is 16.8. The second-order valence-corrected chi connectivity index (χ2v) is 6.06. The Bertz CT molecular complexity index is 1160. The van der Waals surface area contributed by atoms with Gasteiger partial charge < -0.3 is 15.0 Å².